The highest BCUT2D eigenvalue weighted by atomic mass is 31.2. The Labute approximate surface area is 281 Å². The van der Waals surface area contributed by atoms with E-state index in [0.717, 1.165) is 0 Å². The fourth-order valence-corrected chi connectivity index (χ4v) is 14.2. The van der Waals surface area contributed by atoms with Crippen molar-refractivity contribution in [3.63, 3.8) is 0 Å². The van der Waals surface area contributed by atoms with Crippen LogP contribution >= 0.6 is 21.4 Å². The molecule has 0 aliphatic carbocycles. The van der Waals surface area contributed by atoms with Crippen LogP contribution in [0.2, 0.25) is 0 Å². The third kappa shape index (κ3) is 5.57. The number of hydrogen-bond acceptors (Lipinski definition) is 4. The highest BCUT2D eigenvalue weighted by Gasteiger charge is 2.40. The summed E-state index contributed by atoms with van der Waals surface area (Å²) < 4.78 is 47.7. The zero-order chi connectivity index (χ0) is 33.0. The lowest BCUT2D eigenvalue weighted by atomic mass is 10.4. The summed E-state index contributed by atoms with van der Waals surface area (Å²) in [6.45, 7) is 0. The average molecular weight is 680 g/mol. The van der Waals surface area contributed by atoms with Crippen LogP contribution in [-0.2, 0) is 13.7 Å². The molecule has 0 bridgehead atoms. The number of nitrogens with zero attached hydrogens (tertiary/aromatic N) is 1. The van der Waals surface area contributed by atoms with Gasteiger partial charge in [-0.25, -0.2) is 4.98 Å². The predicted octanol–water partition coefficient (Wildman–Crippen LogP) is 6.00. The summed E-state index contributed by atoms with van der Waals surface area (Å²) in [5.74, 6) is 0. The molecular formula is C41H32NO3P3. The summed E-state index contributed by atoms with van der Waals surface area (Å²) in [5, 5.41) is 3.96. The SMILES string of the molecule is O=P(c1ccccc1)(c1ccccc1)c1cc(P(=O)(c2ccccc2)c2ccccc2)nc(P(=O)(c2ccccc2)c2ccccc2)c1. The predicted molar refractivity (Wildman–Crippen MR) is 202 cm³/mol. The lowest BCUT2D eigenvalue weighted by molar-refractivity contribution is 0.591. The molecule has 0 radical (unpaired) electrons. The Morgan fingerprint density at radius 3 is 0.708 bits per heavy atom. The van der Waals surface area contributed by atoms with Crippen LogP contribution in [0.15, 0.2) is 194 Å². The van der Waals surface area contributed by atoms with Crippen molar-refractivity contribution in [3.05, 3.63) is 194 Å². The lowest BCUT2D eigenvalue weighted by Gasteiger charge is -2.26. The van der Waals surface area contributed by atoms with Gasteiger partial charge < -0.3 is 13.7 Å². The highest BCUT2D eigenvalue weighted by Crippen LogP contribution is 2.48. The van der Waals surface area contributed by atoms with Crippen LogP contribution in [0.5, 0.6) is 0 Å². The summed E-state index contributed by atoms with van der Waals surface area (Å²) in [6, 6.07) is 59.2. The van der Waals surface area contributed by atoms with Gasteiger partial charge in [0.1, 0.15) is 10.9 Å². The van der Waals surface area contributed by atoms with Gasteiger partial charge in [-0.05, 0) is 12.1 Å². The van der Waals surface area contributed by atoms with Crippen LogP contribution in [0.1, 0.15) is 0 Å². The molecule has 0 aliphatic rings. The van der Waals surface area contributed by atoms with Gasteiger partial charge in [-0.15, -0.1) is 0 Å². The lowest BCUT2D eigenvalue weighted by Crippen LogP contribution is -2.38. The van der Waals surface area contributed by atoms with E-state index in [-0.39, 0.29) is 10.9 Å². The fraction of sp³-hybridized carbons (Fsp3) is 0. The maximum absolute atomic E-state index is 15.9. The smallest absolute Gasteiger partial charge is 0.188 e. The van der Waals surface area contributed by atoms with Gasteiger partial charge in [-0.3, -0.25) is 0 Å². The van der Waals surface area contributed by atoms with E-state index >= 15 is 13.7 Å². The number of pyridine rings is 1. The molecule has 48 heavy (non-hydrogen) atoms. The Kier molecular flexibility index (Phi) is 8.83. The molecule has 7 heteroatoms. The summed E-state index contributed by atoms with van der Waals surface area (Å²) in [4.78, 5) is 5.14. The zero-order valence-electron chi connectivity index (χ0n) is 26.0. The summed E-state index contributed by atoms with van der Waals surface area (Å²) in [5.41, 5.74) is 0.457. The summed E-state index contributed by atoms with van der Waals surface area (Å²) in [7, 11) is -11.0. The van der Waals surface area contributed by atoms with E-state index in [1.54, 1.807) is 12.1 Å². The van der Waals surface area contributed by atoms with Crippen molar-refractivity contribution >= 4 is 69.4 Å². The van der Waals surface area contributed by atoms with Crippen molar-refractivity contribution in [2.24, 2.45) is 0 Å². The second-order valence-electron chi connectivity index (χ2n) is 11.4. The molecule has 6 aromatic carbocycles. The van der Waals surface area contributed by atoms with Crippen molar-refractivity contribution in [2.75, 3.05) is 0 Å². The molecule has 1 aromatic heterocycles. The van der Waals surface area contributed by atoms with Crippen LogP contribution in [0.3, 0.4) is 0 Å². The first-order valence-electron chi connectivity index (χ1n) is 15.6. The molecule has 0 aliphatic heterocycles. The van der Waals surface area contributed by atoms with Gasteiger partial charge in [0.15, 0.2) is 21.4 Å². The van der Waals surface area contributed by atoms with E-state index < -0.39 is 21.4 Å². The van der Waals surface area contributed by atoms with E-state index in [0.29, 0.717) is 37.1 Å². The molecule has 7 aromatic rings. The molecule has 0 fully saturated rings. The second kappa shape index (κ2) is 13.3. The van der Waals surface area contributed by atoms with Crippen molar-refractivity contribution in [1.82, 2.24) is 4.98 Å². The van der Waals surface area contributed by atoms with Gasteiger partial charge in [0.2, 0.25) is 0 Å². The van der Waals surface area contributed by atoms with Gasteiger partial charge in [0.05, 0.1) is 0 Å². The molecule has 0 N–H and O–H groups in total. The highest BCUT2D eigenvalue weighted by molar-refractivity contribution is 7.87. The number of hydrogen-bond donors (Lipinski definition) is 0. The first kappa shape index (κ1) is 31.7. The summed E-state index contributed by atoms with van der Waals surface area (Å²) >= 11 is 0. The van der Waals surface area contributed by atoms with E-state index in [4.69, 9.17) is 4.98 Å². The second-order valence-corrected chi connectivity index (χ2v) is 19.6. The largest absolute Gasteiger partial charge is 0.309 e. The van der Waals surface area contributed by atoms with Crippen molar-refractivity contribution < 1.29 is 13.7 Å². The van der Waals surface area contributed by atoms with Gasteiger partial charge in [-0.1, -0.05) is 182 Å². The van der Waals surface area contributed by atoms with Crippen molar-refractivity contribution in [3.8, 4) is 0 Å². The molecule has 0 atom stereocenters. The van der Waals surface area contributed by atoms with Crippen molar-refractivity contribution in [2.45, 2.75) is 0 Å². The van der Waals surface area contributed by atoms with E-state index in [1.165, 1.54) is 0 Å². The fourth-order valence-electron chi connectivity index (χ4n) is 6.09. The Balaban J connectivity index is 1.64. The standard InChI is InChI=1S/C41H32NO3P3/c43-46(33-19-7-1-8-20-33,34-21-9-2-10-22-34)39-31-40(47(44,35-23-11-3-12-24-35)36-25-13-4-14-26-36)42-41(32-39)48(45,37-27-15-5-16-28-37)38-29-17-6-18-30-38/h1-32H. The Hall–Kier alpha value is -4.84. The minimum absolute atomic E-state index is 0.228. The molecule has 234 valence electrons. The van der Waals surface area contributed by atoms with Crippen LogP contribution in [0.25, 0.3) is 0 Å². The number of rotatable bonds is 9. The summed E-state index contributed by atoms with van der Waals surface area (Å²) in [6.07, 6.45) is 0. The van der Waals surface area contributed by atoms with Crippen LogP contribution in [-0.4, -0.2) is 4.98 Å². The van der Waals surface area contributed by atoms with Gasteiger partial charge in [0, 0.05) is 37.1 Å². The normalized spacial score (nSPS) is 12.0. The maximum atomic E-state index is 15.9. The van der Waals surface area contributed by atoms with E-state index in [9.17, 15) is 0 Å². The van der Waals surface area contributed by atoms with Crippen LogP contribution in [0, 0.1) is 0 Å². The quantitative estimate of drug-likeness (QED) is 0.176. The minimum atomic E-state index is -3.69. The van der Waals surface area contributed by atoms with Crippen LogP contribution in [0.4, 0.5) is 0 Å². The third-order valence-electron chi connectivity index (χ3n) is 8.51. The number of benzene rings is 6. The Morgan fingerprint density at radius 1 is 0.271 bits per heavy atom. The molecule has 0 saturated heterocycles. The monoisotopic (exact) mass is 679 g/mol. The molecule has 1 heterocycles. The Bertz CT molecular complexity index is 1900. The molecule has 0 unspecified atom stereocenters. The minimum Gasteiger partial charge on any atom is -0.309 e. The molecule has 0 saturated carbocycles. The zero-order valence-corrected chi connectivity index (χ0v) is 28.7. The first-order chi connectivity index (χ1) is 23.4. The van der Waals surface area contributed by atoms with Crippen molar-refractivity contribution in [1.29, 1.82) is 0 Å². The molecule has 0 amide bonds. The Morgan fingerprint density at radius 2 is 0.479 bits per heavy atom. The van der Waals surface area contributed by atoms with E-state index in [2.05, 4.69) is 0 Å². The van der Waals surface area contributed by atoms with Gasteiger partial charge in [0.25, 0.3) is 0 Å². The van der Waals surface area contributed by atoms with Crippen LogP contribution < -0.4 is 48.0 Å². The van der Waals surface area contributed by atoms with Gasteiger partial charge in [-0.2, -0.15) is 0 Å². The molecular weight excluding hydrogens is 647 g/mol. The average Bonchev–Trinajstić information content (AvgIpc) is 3.18. The topological polar surface area (TPSA) is 64.1 Å². The molecule has 7 rings (SSSR count). The third-order valence-corrected chi connectivity index (χ3v) is 17.4. The molecule has 4 nitrogen and oxygen atoms in total. The maximum Gasteiger partial charge on any atom is 0.188 e. The van der Waals surface area contributed by atoms with Gasteiger partial charge >= 0.3 is 0 Å². The van der Waals surface area contributed by atoms with E-state index in [1.807, 2.05) is 182 Å². The number of aromatic nitrogens is 1. The first-order valence-corrected chi connectivity index (χ1v) is 20.7. The molecule has 0 spiro atoms.